The van der Waals surface area contributed by atoms with Crippen LogP contribution in [0.3, 0.4) is 0 Å². The normalized spacial score (nSPS) is 11.1. The van der Waals surface area contributed by atoms with Gasteiger partial charge in [-0.15, -0.1) is 0 Å². The first-order valence-electron chi connectivity index (χ1n) is 8.80. The molecule has 0 saturated carbocycles. The summed E-state index contributed by atoms with van der Waals surface area (Å²) in [6.45, 7) is 0. The molecular formula is C24H15BrN2. The smallest absolute Gasteiger partial charge is 0.160 e. The summed E-state index contributed by atoms with van der Waals surface area (Å²) in [6.07, 6.45) is 0. The topological polar surface area (TPSA) is 25.8 Å². The summed E-state index contributed by atoms with van der Waals surface area (Å²) in [7, 11) is 0. The van der Waals surface area contributed by atoms with Crippen LogP contribution in [0.5, 0.6) is 0 Å². The van der Waals surface area contributed by atoms with E-state index in [1.54, 1.807) is 0 Å². The summed E-state index contributed by atoms with van der Waals surface area (Å²) in [5.41, 5.74) is 4.04. The Morgan fingerprint density at radius 3 is 2.11 bits per heavy atom. The van der Waals surface area contributed by atoms with Crippen LogP contribution >= 0.6 is 15.9 Å². The Kier molecular flexibility index (Phi) is 3.95. The first kappa shape index (κ1) is 16.2. The molecule has 5 rings (SSSR count). The van der Waals surface area contributed by atoms with Crippen molar-refractivity contribution in [2.45, 2.75) is 0 Å². The van der Waals surface area contributed by atoms with Crippen LogP contribution in [-0.2, 0) is 0 Å². The van der Waals surface area contributed by atoms with E-state index in [0.717, 1.165) is 43.4 Å². The zero-order chi connectivity index (χ0) is 18.2. The van der Waals surface area contributed by atoms with Gasteiger partial charge in [-0.1, -0.05) is 88.7 Å². The number of halogens is 1. The first-order valence-corrected chi connectivity index (χ1v) is 9.60. The van der Waals surface area contributed by atoms with Gasteiger partial charge in [-0.3, -0.25) is 0 Å². The molecule has 0 bridgehead atoms. The zero-order valence-electron chi connectivity index (χ0n) is 14.4. The van der Waals surface area contributed by atoms with E-state index < -0.39 is 0 Å². The molecule has 4 aromatic carbocycles. The number of nitrogens with zero attached hydrogens (tertiary/aromatic N) is 2. The molecule has 1 heterocycles. The Hall–Kier alpha value is -3.04. The Morgan fingerprint density at radius 2 is 1.30 bits per heavy atom. The van der Waals surface area contributed by atoms with Crippen LogP contribution in [0.4, 0.5) is 0 Å². The maximum absolute atomic E-state index is 4.96. The van der Waals surface area contributed by atoms with Crippen molar-refractivity contribution in [1.29, 1.82) is 0 Å². The van der Waals surface area contributed by atoms with E-state index in [-0.39, 0.29) is 0 Å². The van der Waals surface area contributed by atoms with Crippen LogP contribution in [0.15, 0.2) is 95.5 Å². The van der Waals surface area contributed by atoms with Crippen LogP contribution in [0.25, 0.3) is 44.3 Å². The first-order chi connectivity index (χ1) is 13.3. The van der Waals surface area contributed by atoms with Gasteiger partial charge in [-0.05, 0) is 23.6 Å². The molecular weight excluding hydrogens is 396 g/mol. The highest BCUT2D eigenvalue weighted by Crippen LogP contribution is 2.33. The minimum Gasteiger partial charge on any atom is -0.227 e. The molecule has 0 aliphatic carbocycles. The van der Waals surface area contributed by atoms with E-state index in [2.05, 4.69) is 76.6 Å². The number of rotatable bonds is 2. The van der Waals surface area contributed by atoms with E-state index in [4.69, 9.17) is 9.97 Å². The van der Waals surface area contributed by atoms with E-state index in [9.17, 15) is 0 Å². The standard InChI is InChI=1S/C24H15BrN2/c25-19-13-10-17(11-14-19)22-21-15-12-16-6-4-5-9-20(16)23(21)27-24(26-22)18-7-2-1-3-8-18/h1-15H. The summed E-state index contributed by atoms with van der Waals surface area (Å²) in [5, 5.41) is 3.40. The fraction of sp³-hybridized carbons (Fsp3) is 0. The molecule has 0 aliphatic heterocycles. The van der Waals surface area contributed by atoms with Gasteiger partial charge in [0.05, 0.1) is 11.2 Å². The lowest BCUT2D eigenvalue weighted by atomic mass is 10.0. The van der Waals surface area contributed by atoms with Gasteiger partial charge in [0.15, 0.2) is 5.82 Å². The lowest BCUT2D eigenvalue weighted by Gasteiger charge is -2.11. The van der Waals surface area contributed by atoms with Crippen molar-refractivity contribution in [2.75, 3.05) is 0 Å². The Morgan fingerprint density at radius 1 is 0.556 bits per heavy atom. The van der Waals surface area contributed by atoms with Crippen molar-refractivity contribution >= 4 is 37.6 Å². The molecule has 0 aliphatic rings. The molecule has 0 spiro atoms. The van der Waals surface area contributed by atoms with E-state index in [0.29, 0.717) is 0 Å². The second-order valence-electron chi connectivity index (χ2n) is 6.45. The third kappa shape index (κ3) is 2.90. The lowest BCUT2D eigenvalue weighted by Crippen LogP contribution is -1.96. The van der Waals surface area contributed by atoms with Gasteiger partial charge in [0.2, 0.25) is 0 Å². The van der Waals surface area contributed by atoms with E-state index in [1.807, 2.05) is 30.3 Å². The van der Waals surface area contributed by atoms with Crippen molar-refractivity contribution < 1.29 is 0 Å². The highest BCUT2D eigenvalue weighted by atomic mass is 79.9. The van der Waals surface area contributed by atoms with Gasteiger partial charge in [0, 0.05) is 26.4 Å². The molecule has 0 radical (unpaired) electrons. The second-order valence-corrected chi connectivity index (χ2v) is 7.37. The number of hydrogen-bond acceptors (Lipinski definition) is 2. The number of fused-ring (bicyclic) bond motifs is 3. The highest BCUT2D eigenvalue weighted by Gasteiger charge is 2.13. The average Bonchev–Trinajstić information content (AvgIpc) is 2.74. The van der Waals surface area contributed by atoms with Gasteiger partial charge in [-0.2, -0.15) is 0 Å². The molecule has 3 heteroatoms. The maximum Gasteiger partial charge on any atom is 0.160 e. The fourth-order valence-electron chi connectivity index (χ4n) is 3.41. The molecule has 5 aromatic rings. The van der Waals surface area contributed by atoms with Crippen molar-refractivity contribution in [1.82, 2.24) is 9.97 Å². The van der Waals surface area contributed by atoms with Crippen molar-refractivity contribution in [3.05, 3.63) is 95.5 Å². The Balaban J connectivity index is 1.89. The minimum absolute atomic E-state index is 0.748. The third-order valence-corrected chi connectivity index (χ3v) is 5.27. The van der Waals surface area contributed by atoms with Gasteiger partial charge in [-0.25, -0.2) is 9.97 Å². The lowest BCUT2D eigenvalue weighted by molar-refractivity contribution is 1.23. The molecule has 128 valence electrons. The highest BCUT2D eigenvalue weighted by molar-refractivity contribution is 9.10. The van der Waals surface area contributed by atoms with Crippen molar-refractivity contribution in [2.24, 2.45) is 0 Å². The van der Waals surface area contributed by atoms with Crippen LogP contribution in [-0.4, -0.2) is 9.97 Å². The molecule has 0 unspecified atom stereocenters. The summed E-state index contributed by atoms with van der Waals surface area (Å²) in [5.74, 6) is 0.748. The van der Waals surface area contributed by atoms with Gasteiger partial charge in [0.1, 0.15) is 0 Å². The molecule has 0 amide bonds. The Labute approximate surface area is 165 Å². The molecule has 0 N–H and O–H groups in total. The SMILES string of the molecule is Brc1ccc(-c2nc(-c3ccccc3)nc3c2ccc2ccccc23)cc1. The molecule has 1 aromatic heterocycles. The summed E-state index contributed by atoms with van der Waals surface area (Å²) >= 11 is 3.52. The predicted octanol–water partition coefficient (Wildman–Crippen LogP) is 6.88. The quantitative estimate of drug-likeness (QED) is 0.296. The zero-order valence-corrected chi connectivity index (χ0v) is 16.0. The van der Waals surface area contributed by atoms with Crippen LogP contribution in [0.2, 0.25) is 0 Å². The molecule has 0 saturated heterocycles. The van der Waals surface area contributed by atoms with E-state index >= 15 is 0 Å². The summed E-state index contributed by atoms with van der Waals surface area (Å²) in [6, 6.07) is 31.1. The molecule has 0 fully saturated rings. The summed E-state index contributed by atoms with van der Waals surface area (Å²) < 4.78 is 1.05. The van der Waals surface area contributed by atoms with Crippen LogP contribution < -0.4 is 0 Å². The van der Waals surface area contributed by atoms with Gasteiger partial charge >= 0.3 is 0 Å². The van der Waals surface area contributed by atoms with Gasteiger partial charge < -0.3 is 0 Å². The predicted molar refractivity (Wildman–Crippen MR) is 116 cm³/mol. The molecule has 0 atom stereocenters. The van der Waals surface area contributed by atoms with Gasteiger partial charge in [0.25, 0.3) is 0 Å². The molecule has 27 heavy (non-hydrogen) atoms. The minimum atomic E-state index is 0.748. The van der Waals surface area contributed by atoms with Crippen molar-refractivity contribution in [3.8, 4) is 22.6 Å². The fourth-order valence-corrected chi connectivity index (χ4v) is 3.67. The molecule has 2 nitrogen and oxygen atoms in total. The van der Waals surface area contributed by atoms with Crippen LogP contribution in [0.1, 0.15) is 0 Å². The van der Waals surface area contributed by atoms with Crippen LogP contribution in [0, 0.1) is 0 Å². The van der Waals surface area contributed by atoms with Crippen molar-refractivity contribution in [3.63, 3.8) is 0 Å². The number of benzene rings is 4. The van der Waals surface area contributed by atoms with E-state index in [1.165, 1.54) is 5.39 Å². The Bertz CT molecular complexity index is 1260. The average molecular weight is 411 g/mol. The number of aromatic nitrogens is 2. The summed E-state index contributed by atoms with van der Waals surface area (Å²) in [4.78, 5) is 9.91. The largest absolute Gasteiger partial charge is 0.227 e. The third-order valence-electron chi connectivity index (χ3n) is 4.74. The number of hydrogen-bond donors (Lipinski definition) is 0. The maximum atomic E-state index is 4.96. The second kappa shape index (κ2) is 6.60. The monoisotopic (exact) mass is 410 g/mol.